The van der Waals surface area contributed by atoms with Gasteiger partial charge in [-0.05, 0) is 11.6 Å². The van der Waals surface area contributed by atoms with Gasteiger partial charge in [0.15, 0.2) is 0 Å². The van der Waals surface area contributed by atoms with Gasteiger partial charge in [-0.2, -0.15) is 0 Å². The topological polar surface area (TPSA) is 66.2 Å². The number of fused-ring (bicyclic) bond motifs is 1. The van der Waals surface area contributed by atoms with Crippen LogP contribution in [-0.2, 0) is 16.1 Å². The number of benzene rings is 2. The number of carbonyl (C=O) groups is 1. The maximum atomic E-state index is 12.1. The van der Waals surface area contributed by atoms with E-state index >= 15 is 0 Å². The number of methoxy groups -OCH3 is 1. The van der Waals surface area contributed by atoms with Crippen LogP contribution in [0.25, 0.3) is 11.3 Å². The van der Waals surface area contributed by atoms with Crippen LogP contribution < -0.4 is 0 Å². The third kappa shape index (κ3) is 2.70. The first-order valence-electron chi connectivity index (χ1n) is 8.04. The van der Waals surface area contributed by atoms with Gasteiger partial charge in [0, 0.05) is 5.56 Å². The molecule has 25 heavy (non-hydrogen) atoms. The Labute approximate surface area is 145 Å². The zero-order chi connectivity index (χ0) is 17.2. The molecule has 126 valence electrons. The lowest BCUT2D eigenvalue weighted by molar-refractivity contribution is 0.0600. The van der Waals surface area contributed by atoms with Crippen molar-refractivity contribution < 1.29 is 14.3 Å². The van der Waals surface area contributed by atoms with E-state index in [0.717, 1.165) is 11.3 Å². The Balaban J connectivity index is 1.81. The molecule has 0 saturated heterocycles. The molecule has 1 atom stereocenters. The Bertz CT molecular complexity index is 905. The molecule has 0 spiro atoms. The van der Waals surface area contributed by atoms with Crippen molar-refractivity contribution >= 4 is 5.97 Å². The van der Waals surface area contributed by atoms with Crippen molar-refractivity contribution in [2.75, 3.05) is 13.7 Å². The van der Waals surface area contributed by atoms with Crippen LogP contribution in [0.4, 0.5) is 0 Å². The summed E-state index contributed by atoms with van der Waals surface area (Å²) in [5.41, 5.74) is 3.79. The molecule has 1 aromatic heterocycles. The summed E-state index contributed by atoms with van der Waals surface area (Å²) in [5.74, 6) is -0.395. The molecule has 0 saturated carbocycles. The van der Waals surface area contributed by atoms with Crippen molar-refractivity contribution in [1.82, 2.24) is 15.0 Å². The molecular weight excluding hydrogens is 318 g/mol. The van der Waals surface area contributed by atoms with E-state index in [-0.39, 0.29) is 6.04 Å². The second kappa shape index (κ2) is 6.49. The molecule has 0 aliphatic carbocycles. The van der Waals surface area contributed by atoms with E-state index in [1.165, 1.54) is 7.11 Å². The number of nitrogens with zero attached hydrogens (tertiary/aromatic N) is 3. The summed E-state index contributed by atoms with van der Waals surface area (Å²) < 4.78 is 12.6. The van der Waals surface area contributed by atoms with E-state index in [9.17, 15) is 4.79 Å². The average Bonchev–Trinajstić information content (AvgIpc) is 3.12. The van der Waals surface area contributed by atoms with Crippen LogP contribution in [0.15, 0.2) is 54.6 Å². The van der Waals surface area contributed by atoms with Crippen molar-refractivity contribution in [3.05, 3.63) is 71.4 Å². The van der Waals surface area contributed by atoms with Gasteiger partial charge in [0.1, 0.15) is 11.7 Å². The fourth-order valence-electron chi connectivity index (χ4n) is 3.14. The van der Waals surface area contributed by atoms with E-state index in [1.807, 2.05) is 47.1 Å². The van der Waals surface area contributed by atoms with Gasteiger partial charge in [0.05, 0.1) is 31.6 Å². The van der Waals surface area contributed by atoms with Crippen molar-refractivity contribution in [2.45, 2.75) is 12.6 Å². The summed E-state index contributed by atoms with van der Waals surface area (Å²) >= 11 is 0. The maximum Gasteiger partial charge on any atom is 0.338 e. The minimum Gasteiger partial charge on any atom is -0.465 e. The quantitative estimate of drug-likeness (QED) is 0.689. The molecule has 0 amide bonds. The summed E-state index contributed by atoms with van der Waals surface area (Å²) in [4.78, 5) is 12.1. The third-order valence-corrected chi connectivity index (χ3v) is 4.37. The fraction of sp³-hybridized carbons (Fsp3) is 0.211. The summed E-state index contributed by atoms with van der Waals surface area (Å²) in [5, 5.41) is 8.70. The molecule has 4 rings (SSSR count). The lowest BCUT2D eigenvalue weighted by Gasteiger charge is -2.25. The Kier molecular flexibility index (Phi) is 4.03. The summed E-state index contributed by atoms with van der Waals surface area (Å²) in [6, 6.07) is 17.3. The van der Waals surface area contributed by atoms with Gasteiger partial charge in [0.25, 0.3) is 0 Å². The monoisotopic (exact) mass is 335 g/mol. The van der Waals surface area contributed by atoms with Gasteiger partial charge in [-0.1, -0.05) is 53.7 Å². The molecule has 0 N–H and O–H groups in total. The second-order valence-corrected chi connectivity index (χ2v) is 5.81. The largest absolute Gasteiger partial charge is 0.465 e. The van der Waals surface area contributed by atoms with E-state index in [4.69, 9.17) is 9.47 Å². The first-order valence-corrected chi connectivity index (χ1v) is 8.04. The number of carbonyl (C=O) groups excluding carboxylic acids is 1. The molecule has 0 fully saturated rings. The highest BCUT2D eigenvalue weighted by Crippen LogP contribution is 2.32. The minimum atomic E-state index is -0.395. The van der Waals surface area contributed by atoms with Crippen LogP contribution >= 0.6 is 0 Å². The number of ether oxygens (including phenoxy) is 2. The van der Waals surface area contributed by atoms with Gasteiger partial charge >= 0.3 is 5.97 Å². The smallest absolute Gasteiger partial charge is 0.338 e. The number of esters is 1. The Hall–Kier alpha value is -2.99. The van der Waals surface area contributed by atoms with E-state index < -0.39 is 5.97 Å². The lowest BCUT2D eigenvalue weighted by Crippen LogP contribution is -2.25. The van der Waals surface area contributed by atoms with E-state index in [1.54, 1.807) is 12.1 Å². The zero-order valence-electron chi connectivity index (χ0n) is 13.8. The van der Waals surface area contributed by atoms with Crippen molar-refractivity contribution in [1.29, 1.82) is 0 Å². The van der Waals surface area contributed by atoms with E-state index in [0.29, 0.717) is 30.0 Å². The Morgan fingerprint density at radius 1 is 1.16 bits per heavy atom. The van der Waals surface area contributed by atoms with Crippen LogP contribution in [0.1, 0.15) is 27.7 Å². The predicted octanol–water partition coefficient (Wildman–Crippen LogP) is 2.85. The van der Waals surface area contributed by atoms with Crippen molar-refractivity contribution in [2.24, 2.45) is 0 Å². The number of hydrogen-bond donors (Lipinski definition) is 0. The fourth-order valence-corrected chi connectivity index (χ4v) is 3.14. The van der Waals surface area contributed by atoms with Crippen LogP contribution in [0.5, 0.6) is 0 Å². The van der Waals surface area contributed by atoms with Gasteiger partial charge < -0.3 is 9.47 Å². The van der Waals surface area contributed by atoms with Crippen molar-refractivity contribution in [3.63, 3.8) is 0 Å². The molecule has 3 aromatic rings. The van der Waals surface area contributed by atoms with Gasteiger partial charge in [-0.15, -0.1) is 5.10 Å². The molecule has 1 unspecified atom stereocenters. The molecule has 1 aliphatic heterocycles. The predicted molar refractivity (Wildman–Crippen MR) is 91.0 cm³/mol. The number of rotatable bonds is 3. The Morgan fingerprint density at radius 3 is 2.72 bits per heavy atom. The molecule has 2 aromatic carbocycles. The zero-order valence-corrected chi connectivity index (χ0v) is 13.8. The second-order valence-electron chi connectivity index (χ2n) is 5.81. The molecule has 2 heterocycles. The average molecular weight is 335 g/mol. The van der Waals surface area contributed by atoms with Gasteiger partial charge in [-0.3, -0.25) is 0 Å². The summed E-state index contributed by atoms with van der Waals surface area (Å²) in [6.45, 7) is 0.944. The minimum absolute atomic E-state index is 0.0310. The van der Waals surface area contributed by atoms with Gasteiger partial charge in [-0.25, -0.2) is 9.48 Å². The molecular formula is C19H17N3O3. The first kappa shape index (κ1) is 15.5. The van der Waals surface area contributed by atoms with Crippen LogP contribution in [0, 0.1) is 0 Å². The summed E-state index contributed by atoms with van der Waals surface area (Å²) in [6.07, 6.45) is 0. The standard InChI is InChI=1S/C19H17N3O3/c1-24-19(23)15-10-6-5-9-14(15)18-17-12-25-11-16(22(17)21-20-18)13-7-3-2-4-8-13/h2-10,16H,11-12H2,1H3. The highest BCUT2D eigenvalue weighted by molar-refractivity contribution is 5.96. The highest BCUT2D eigenvalue weighted by atomic mass is 16.5. The molecule has 6 heteroatoms. The number of aromatic nitrogens is 3. The first-order chi connectivity index (χ1) is 12.3. The van der Waals surface area contributed by atoms with Crippen LogP contribution in [-0.4, -0.2) is 34.7 Å². The maximum absolute atomic E-state index is 12.1. The van der Waals surface area contributed by atoms with Crippen LogP contribution in [0.2, 0.25) is 0 Å². The molecule has 0 radical (unpaired) electrons. The van der Waals surface area contributed by atoms with E-state index in [2.05, 4.69) is 10.3 Å². The highest BCUT2D eigenvalue weighted by Gasteiger charge is 2.28. The van der Waals surface area contributed by atoms with Crippen molar-refractivity contribution in [3.8, 4) is 11.3 Å². The summed E-state index contributed by atoms with van der Waals surface area (Å²) in [7, 11) is 1.37. The number of hydrogen-bond acceptors (Lipinski definition) is 5. The SMILES string of the molecule is COC(=O)c1ccccc1-c1nnn2c1COCC2c1ccccc1. The molecule has 6 nitrogen and oxygen atoms in total. The lowest BCUT2D eigenvalue weighted by atomic mass is 10.0. The third-order valence-electron chi connectivity index (χ3n) is 4.37. The normalized spacial score (nSPS) is 16.3. The van der Waals surface area contributed by atoms with Gasteiger partial charge in [0.2, 0.25) is 0 Å². The van der Waals surface area contributed by atoms with Crippen LogP contribution in [0.3, 0.4) is 0 Å². The molecule has 0 bridgehead atoms. The Morgan fingerprint density at radius 2 is 1.92 bits per heavy atom. The molecule has 1 aliphatic rings.